The predicted molar refractivity (Wildman–Crippen MR) is 125 cm³/mol. The topological polar surface area (TPSA) is 84.0 Å². The zero-order chi connectivity index (χ0) is 22.2. The van der Waals surface area contributed by atoms with E-state index in [1.807, 2.05) is 62.4 Å². The second-order valence-electron chi connectivity index (χ2n) is 7.37. The number of nitrogens with zero attached hydrogens (tertiary/aromatic N) is 2. The number of ether oxygens (including phenoxy) is 1. The Hall–Kier alpha value is -3.20. The van der Waals surface area contributed by atoms with E-state index in [-0.39, 0.29) is 11.7 Å². The second kappa shape index (κ2) is 8.14. The van der Waals surface area contributed by atoms with Crippen molar-refractivity contribution in [2.75, 3.05) is 17.7 Å². The highest BCUT2D eigenvalue weighted by atomic mass is 35.5. The summed E-state index contributed by atoms with van der Waals surface area (Å²) in [6.07, 6.45) is 2.08. The van der Waals surface area contributed by atoms with Gasteiger partial charge in [0, 0.05) is 15.6 Å². The number of fused-ring (bicyclic) bond motifs is 1. The Morgan fingerprint density at radius 2 is 1.71 bits per heavy atom. The molecule has 0 spiro atoms. The van der Waals surface area contributed by atoms with Gasteiger partial charge in [-0.25, -0.2) is 0 Å². The first-order valence-corrected chi connectivity index (χ1v) is 10.5. The molecule has 3 aromatic rings. The van der Waals surface area contributed by atoms with Crippen LogP contribution in [0, 0.1) is 11.3 Å². The van der Waals surface area contributed by atoms with E-state index in [4.69, 9.17) is 33.7 Å². The average Bonchev–Trinajstić information content (AvgIpc) is 2.74. The van der Waals surface area contributed by atoms with Crippen molar-refractivity contribution in [3.8, 4) is 11.9 Å². The van der Waals surface area contributed by atoms with Gasteiger partial charge in [-0.3, -0.25) is 0 Å². The summed E-state index contributed by atoms with van der Waals surface area (Å²) in [6, 6.07) is 17.3. The van der Waals surface area contributed by atoms with E-state index in [0.717, 1.165) is 16.7 Å². The molecule has 2 aromatic carbocycles. The zero-order valence-electron chi connectivity index (χ0n) is 17.0. The molecule has 1 aromatic heterocycles. The highest BCUT2D eigenvalue weighted by Crippen LogP contribution is 2.47. The van der Waals surface area contributed by atoms with Crippen LogP contribution < -0.4 is 15.8 Å². The molecule has 5 nitrogen and oxygen atoms in total. The number of nitrogen functional groups attached to an aromatic ring is 1. The lowest BCUT2D eigenvalue weighted by Crippen LogP contribution is -2.34. The van der Waals surface area contributed by atoms with Crippen molar-refractivity contribution in [3.63, 3.8) is 0 Å². The van der Waals surface area contributed by atoms with Crippen molar-refractivity contribution in [1.29, 1.82) is 5.26 Å². The van der Waals surface area contributed by atoms with E-state index >= 15 is 0 Å². The fourth-order valence-corrected chi connectivity index (χ4v) is 4.04. The Balaban J connectivity index is 2.01. The van der Waals surface area contributed by atoms with Crippen LogP contribution in [0.4, 0.5) is 11.5 Å². The molecule has 31 heavy (non-hydrogen) atoms. The fourth-order valence-electron chi connectivity index (χ4n) is 3.79. The molecular weight excluding hydrogens is 431 g/mol. The minimum absolute atomic E-state index is 0.213. The molecule has 0 radical (unpaired) electrons. The maximum Gasteiger partial charge on any atom is 0.235 e. The quantitative estimate of drug-likeness (QED) is 0.507. The number of aromatic nitrogens is 1. The van der Waals surface area contributed by atoms with Crippen molar-refractivity contribution in [2.45, 2.75) is 19.4 Å². The summed E-state index contributed by atoms with van der Waals surface area (Å²) < 4.78 is 5.61. The molecule has 0 fully saturated rings. The van der Waals surface area contributed by atoms with Gasteiger partial charge in [-0.05, 0) is 60.9 Å². The summed E-state index contributed by atoms with van der Waals surface area (Å²) in [7, 11) is 0. The molecule has 1 aliphatic heterocycles. The lowest BCUT2D eigenvalue weighted by atomic mass is 9.81. The number of nitrogens with one attached hydrogen (secondary N) is 1. The summed E-state index contributed by atoms with van der Waals surface area (Å²) in [4.78, 5) is 4.38. The Kier molecular flexibility index (Phi) is 5.53. The summed E-state index contributed by atoms with van der Waals surface area (Å²) >= 11 is 12.2. The number of benzene rings is 2. The van der Waals surface area contributed by atoms with Crippen LogP contribution >= 0.6 is 23.2 Å². The van der Waals surface area contributed by atoms with Gasteiger partial charge in [0.25, 0.3) is 0 Å². The number of rotatable bonds is 4. The molecule has 0 saturated heterocycles. The van der Waals surface area contributed by atoms with Gasteiger partial charge in [0.05, 0.1) is 17.8 Å². The van der Waals surface area contributed by atoms with Crippen molar-refractivity contribution in [2.24, 2.45) is 0 Å². The van der Waals surface area contributed by atoms with E-state index in [1.165, 1.54) is 0 Å². The Labute approximate surface area is 191 Å². The van der Waals surface area contributed by atoms with Crippen LogP contribution in [-0.4, -0.2) is 11.6 Å². The Morgan fingerprint density at radius 3 is 2.29 bits per heavy atom. The molecule has 156 valence electrons. The standard InChI is InChI=1S/C24H20Cl2N4O/c1-3-31-23-19(13-27)21-20(22(28)29-23)18(14-4-8-16(25)9-5-14)12-24(2,30-21)15-6-10-17(26)11-7-15/h4-12,30H,3H2,1-2H3,(H2,28,29). The minimum Gasteiger partial charge on any atom is -0.477 e. The fraction of sp³-hybridized carbons (Fsp3) is 0.167. The molecule has 7 heteroatoms. The van der Waals surface area contributed by atoms with Gasteiger partial charge < -0.3 is 15.8 Å². The lowest BCUT2D eigenvalue weighted by Gasteiger charge is -2.37. The number of hydrogen-bond donors (Lipinski definition) is 2. The van der Waals surface area contributed by atoms with E-state index in [9.17, 15) is 5.26 Å². The molecule has 0 bridgehead atoms. The number of pyridine rings is 1. The van der Waals surface area contributed by atoms with Crippen LogP contribution in [0.5, 0.6) is 5.88 Å². The second-order valence-corrected chi connectivity index (χ2v) is 8.24. The molecular formula is C24H20Cl2N4O. The van der Waals surface area contributed by atoms with Crippen LogP contribution in [0.2, 0.25) is 10.0 Å². The molecule has 2 heterocycles. The molecule has 0 aliphatic carbocycles. The number of nitrogens with two attached hydrogens (primary N) is 1. The van der Waals surface area contributed by atoms with Crippen molar-refractivity contribution < 1.29 is 4.74 Å². The zero-order valence-corrected chi connectivity index (χ0v) is 18.6. The largest absolute Gasteiger partial charge is 0.477 e. The summed E-state index contributed by atoms with van der Waals surface area (Å²) in [5.41, 5.74) is 10.0. The SMILES string of the molecule is CCOc1nc(N)c2c(c1C#N)NC(C)(c1ccc(Cl)cc1)C=C2c1ccc(Cl)cc1. The van der Waals surface area contributed by atoms with Crippen LogP contribution in [-0.2, 0) is 5.54 Å². The molecule has 1 atom stereocenters. The van der Waals surface area contributed by atoms with E-state index in [0.29, 0.717) is 33.5 Å². The smallest absolute Gasteiger partial charge is 0.235 e. The molecule has 1 aliphatic rings. The van der Waals surface area contributed by atoms with Gasteiger partial charge in [0.1, 0.15) is 17.5 Å². The molecule has 0 amide bonds. The van der Waals surface area contributed by atoms with Gasteiger partial charge in [-0.1, -0.05) is 47.5 Å². The van der Waals surface area contributed by atoms with Crippen LogP contribution in [0.1, 0.15) is 36.1 Å². The normalized spacial score (nSPS) is 17.2. The first-order valence-electron chi connectivity index (χ1n) is 9.76. The highest BCUT2D eigenvalue weighted by Gasteiger charge is 2.35. The van der Waals surface area contributed by atoms with Gasteiger partial charge >= 0.3 is 0 Å². The molecule has 1 unspecified atom stereocenters. The molecule has 0 saturated carbocycles. The third-order valence-electron chi connectivity index (χ3n) is 5.27. The molecule has 3 N–H and O–H groups in total. The average molecular weight is 451 g/mol. The van der Waals surface area contributed by atoms with Crippen LogP contribution in [0.3, 0.4) is 0 Å². The molecule has 4 rings (SSSR count). The summed E-state index contributed by atoms with van der Waals surface area (Å²) in [5, 5.41) is 14.8. The van der Waals surface area contributed by atoms with Gasteiger partial charge in [0.15, 0.2) is 0 Å². The minimum atomic E-state index is -0.643. The first kappa shape index (κ1) is 21.0. The maximum atomic E-state index is 9.96. The highest BCUT2D eigenvalue weighted by molar-refractivity contribution is 6.30. The van der Waals surface area contributed by atoms with Crippen molar-refractivity contribution >= 4 is 40.3 Å². The maximum absolute atomic E-state index is 9.96. The number of anilines is 2. The monoisotopic (exact) mass is 450 g/mol. The van der Waals surface area contributed by atoms with Crippen molar-refractivity contribution in [3.05, 3.63) is 86.9 Å². The number of hydrogen-bond acceptors (Lipinski definition) is 5. The first-order chi connectivity index (χ1) is 14.9. The Morgan fingerprint density at radius 1 is 1.10 bits per heavy atom. The Bertz CT molecular complexity index is 1210. The van der Waals surface area contributed by atoms with Gasteiger partial charge in [-0.2, -0.15) is 10.2 Å². The van der Waals surface area contributed by atoms with E-state index < -0.39 is 5.54 Å². The van der Waals surface area contributed by atoms with E-state index in [2.05, 4.69) is 22.4 Å². The third kappa shape index (κ3) is 3.81. The third-order valence-corrected chi connectivity index (χ3v) is 5.77. The number of halogens is 2. The van der Waals surface area contributed by atoms with Crippen LogP contribution in [0.25, 0.3) is 5.57 Å². The van der Waals surface area contributed by atoms with Gasteiger partial charge in [0.2, 0.25) is 5.88 Å². The van der Waals surface area contributed by atoms with Gasteiger partial charge in [-0.15, -0.1) is 0 Å². The van der Waals surface area contributed by atoms with Crippen LogP contribution in [0.15, 0.2) is 54.6 Å². The number of nitriles is 1. The lowest BCUT2D eigenvalue weighted by molar-refractivity contribution is 0.326. The van der Waals surface area contributed by atoms with Crippen molar-refractivity contribution in [1.82, 2.24) is 4.98 Å². The summed E-state index contributed by atoms with van der Waals surface area (Å²) in [5.74, 6) is 0.494. The predicted octanol–water partition coefficient (Wildman–Crippen LogP) is 6.01. The van der Waals surface area contributed by atoms with E-state index in [1.54, 1.807) is 0 Å². The summed E-state index contributed by atoms with van der Waals surface area (Å²) in [6.45, 7) is 4.24.